The molecule has 2 N–H and O–H groups in total. The van der Waals surface area contributed by atoms with E-state index in [1.165, 1.54) is 33.8 Å². The second-order valence-corrected chi connectivity index (χ2v) is 9.84. The molecule has 1 saturated heterocycles. The van der Waals surface area contributed by atoms with Crippen LogP contribution >= 0.6 is 0 Å². The van der Waals surface area contributed by atoms with Gasteiger partial charge in [-0.15, -0.1) is 0 Å². The van der Waals surface area contributed by atoms with E-state index in [4.69, 9.17) is 14.2 Å². The van der Waals surface area contributed by atoms with Gasteiger partial charge >= 0.3 is 0 Å². The number of benzene rings is 2. The van der Waals surface area contributed by atoms with Crippen LogP contribution in [0.3, 0.4) is 0 Å². The van der Waals surface area contributed by atoms with E-state index in [1.807, 2.05) is 12.1 Å². The van der Waals surface area contributed by atoms with Crippen LogP contribution in [0.4, 0.5) is 0 Å². The molecule has 1 fully saturated rings. The Balaban J connectivity index is 1.61. The van der Waals surface area contributed by atoms with Crippen LogP contribution in [0, 0.1) is 0 Å². The minimum atomic E-state index is -0.670. The monoisotopic (exact) mass is 525 g/mol. The van der Waals surface area contributed by atoms with Gasteiger partial charge in [-0.25, -0.2) is 0 Å². The van der Waals surface area contributed by atoms with Gasteiger partial charge in [0.2, 0.25) is 17.6 Å². The number of carbonyl (C=O) groups is 3. The van der Waals surface area contributed by atoms with Gasteiger partial charge in [-0.1, -0.05) is 38.1 Å². The molecule has 1 atom stereocenters. The number of methoxy groups -OCH3 is 3. The van der Waals surface area contributed by atoms with Crippen LogP contribution in [0.5, 0.6) is 17.2 Å². The van der Waals surface area contributed by atoms with Gasteiger partial charge < -0.3 is 29.7 Å². The van der Waals surface area contributed by atoms with E-state index in [9.17, 15) is 14.4 Å². The Morgan fingerprint density at radius 1 is 0.947 bits per heavy atom. The SMILES string of the molecule is COc1cc(C(=O)N2CCC(NC(=O)[C@H](Cc3ccc(C(C)C)cc3)NC(C)=O)CC2)cc(OC)c1OC. The van der Waals surface area contributed by atoms with Crippen LogP contribution in [0.15, 0.2) is 36.4 Å². The van der Waals surface area contributed by atoms with Gasteiger partial charge in [0.05, 0.1) is 21.3 Å². The van der Waals surface area contributed by atoms with Crippen molar-refractivity contribution in [3.05, 3.63) is 53.1 Å². The third-order valence-electron chi connectivity index (χ3n) is 6.82. The summed E-state index contributed by atoms with van der Waals surface area (Å²) in [5.41, 5.74) is 2.65. The number of hydrogen-bond acceptors (Lipinski definition) is 6. The molecule has 206 valence electrons. The van der Waals surface area contributed by atoms with Crippen LogP contribution in [0.25, 0.3) is 0 Å². The third-order valence-corrected chi connectivity index (χ3v) is 6.82. The number of carbonyl (C=O) groups excluding carboxylic acids is 3. The molecule has 9 heteroatoms. The highest BCUT2D eigenvalue weighted by Crippen LogP contribution is 2.38. The Kier molecular flexibility index (Phi) is 9.98. The third kappa shape index (κ3) is 7.18. The van der Waals surface area contributed by atoms with Crippen molar-refractivity contribution in [1.29, 1.82) is 0 Å². The predicted molar refractivity (Wildman–Crippen MR) is 145 cm³/mol. The van der Waals surface area contributed by atoms with E-state index < -0.39 is 6.04 Å². The molecule has 0 radical (unpaired) electrons. The molecule has 38 heavy (non-hydrogen) atoms. The Hall–Kier alpha value is -3.75. The van der Waals surface area contributed by atoms with E-state index >= 15 is 0 Å². The molecule has 0 aromatic heterocycles. The van der Waals surface area contributed by atoms with Crippen LogP contribution in [-0.2, 0) is 16.0 Å². The lowest BCUT2D eigenvalue weighted by molar-refractivity contribution is -0.128. The highest BCUT2D eigenvalue weighted by Gasteiger charge is 2.28. The summed E-state index contributed by atoms with van der Waals surface area (Å²) in [7, 11) is 4.53. The summed E-state index contributed by atoms with van der Waals surface area (Å²) in [4.78, 5) is 39.9. The van der Waals surface area contributed by atoms with Crippen molar-refractivity contribution in [1.82, 2.24) is 15.5 Å². The molecular formula is C29H39N3O6. The fourth-order valence-electron chi connectivity index (χ4n) is 4.64. The number of ether oxygens (including phenoxy) is 3. The lowest BCUT2D eigenvalue weighted by atomic mass is 9.98. The summed E-state index contributed by atoms with van der Waals surface area (Å²) in [5.74, 6) is 1.07. The second kappa shape index (κ2) is 13.2. The fraction of sp³-hybridized carbons (Fsp3) is 0.483. The molecule has 3 rings (SSSR count). The van der Waals surface area contributed by atoms with Crippen molar-refractivity contribution < 1.29 is 28.6 Å². The zero-order valence-corrected chi connectivity index (χ0v) is 23.1. The Bertz CT molecular complexity index is 1100. The number of likely N-dealkylation sites (tertiary alicyclic amines) is 1. The molecule has 0 unspecified atom stereocenters. The average Bonchev–Trinajstić information content (AvgIpc) is 2.91. The molecule has 1 aliphatic rings. The quantitative estimate of drug-likeness (QED) is 0.493. The van der Waals surface area contributed by atoms with Crippen molar-refractivity contribution in [3.63, 3.8) is 0 Å². The predicted octanol–water partition coefficient (Wildman–Crippen LogP) is 3.30. The first-order chi connectivity index (χ1) is 18.2. The Morgan fingerprint density at radius 3 is 2.00 bits per heavy atom. The maximum absolute atomic E-state index is 13.2. The normalized spacial score (nSPS) is 14.6. The summed E-state index contributed by atoms with van der Waals surface area (Å²) in [5, 5.41) is 5.86. The van der Waals surface area contributed by atoms with Gasteiger partial charge in [0.25, 0.3) is 5.91 Å². The first-order valence-electron chi connectivity index (χ1n) is 12.9. The molecule has 2 aromatic rings. The van der Waals surface area contributed by atoms with Gasteiger partial charge in [-0.2, -0.15) is 0 Å². The van der Waals surface area contributed by atoms with Gasteiger partial charge in [-0.05, 0) is 42.0 Å². The number of amides is 3. The van der Waals surface area contributed by atoms with Crippen molar-refractivity contribution in [2.75, 3.05) is 34.4 Å². The molecule has 0 spiro atoms. The van der Waals surface area contributed by atoms with E-state index in [-0.39, 0.29) is 23.8 Å². The van der Waals surface area contributed by atoms with Gasteiger partial charge in [-0.3, -0.25) is 14.4 Å². The van der Waals surface area contributed by atoms with Crippen LogP contribution in [0.2, 0.25) is 0 Å². The van der Waals surface area contributed by atoms with Crippen molar-refractivity contribution in [2.45, 2.75) is 58.0 Å². The van der Waals surface area contributed by atoms with E-state index in [0.717, 1.165) is 5.56 Å². The molecule has 0 bridgehead atoms. The number of hydrogen-bond donors (Lipinski definition) is 2. The number of nitrogens with one attached hydrogen (secondary N) is 2. The van der Waals surface area contributed by atoms with E-state index in [0.29, 0.717) is 61.1 Å². The van der Waals surface area contributed by atoms with Crippen molar-refractivity contribution in [3.8, 4) is 17.2 Å². The molecule has 0 aliphatic carbocycles. The fourth-order valence-corrected chi connectivity index (χ4v) is 4.64. The average molecular weight is 526 g/mol. The minimum Gasteiger partial charge on any atom is -0.493 e. The lowest BCUT2D eigenvalue weighted by Crippen LogP contribution is -2.53. The Labute approximate surface area is 224 Å². The number of nitrogens with zero attached hydrogens (tertiary/aromatic N) is 1. The first kappa shape index (κ1) is 28.8. The standard InChI is InChI=1S/C29H39N3O6/c1-18(2)21-9-7-20(8-10-21)15-24(30-19(3)33)28(34)31-23-11-13-32(14-12-23)29(35)22-16-25(36-4)27(38-6)26(17-22)37-5/h7-10,16-18,23-24H,11-15H2,1-6H3,(H,30,33)(H,31,34)/t24-/m0/s1. The largest absolute Gasteiger partial charge is 0.493 e. The molecule has 0 saturated carbocycles. The lowest BCUT2D eigenvalue weighted by Gasteiger charge is -2.33. The highest BCUT2D eigenvalue weighted by molar-refractivity contribution is 5.95. The van der Waals surface area contributed by atoms with Gasteiger partial charge in [0, 0.05) is 38.0 Å². The van der Waals surface area contributed by atoms with Crippen LogP contribution < -0.4 is 24.8 Å². The topological polar surface area (TPSA) is 106 Å². The van der Waals surface area contributed by atoms with E-state index in [2.05, 4.69) is 36.6 Å². The second-order valence-electron chi connectivity index (χ2n) is 9.84. The maximum atomic E-state index is 13.2. The summed E-state index contributed by atoms with van der Waals surface area (Å²) in [6.45, 7) is 6.65. The number of piperidine rings is 1. The summed E-state index contributed by atoms with van der Waals surface area (Å²) >= 11 is 0. The van der Waals surface area contributed by atoms with Gasteiger partial charge in [0.15, 0.2) is 11.5 Å². The smallest absolute Gasteiger partial charge is 0.254 e. The molecule has 1 heterocycles. The summed E-state index contributed by atoms with van der Waals surface area (Å²) in [6.07, 6.45) is 1.62. The molecule has 3 amide bonds. The minimum absolute atomic E-state index is 0.0916. The summed E-state index contributed by atoms with van der Waals surface area (Å²) < 4.78 is 16.1. The molecule has 9 nitrogen and oxygen atoms in total. The van der Waals surface area contributed by atoms with Crippen molar-refractivity contribution in [2.24, 2.45) is 0 Å². The molecule has 2 aromatic carbocycles. The van der Waals surface area contributed by atoms with Crippen molar-refractivity contribution >= 4 is 17.7 Å². The Morgan fingerprint density at radius 2 is 1.53 bits per heavy atom. The zero-order valence-electron chi connectivity index (χ0n) is 23.1. The number of rotatable bonds is 10. The molecular weight excluding hydrogens is 486 g/mol. The maximum Gasteiger partial charge on any atom is 0.254 e. The molecule has 1 aliphatic heterocycles. The van der Waals surface area contributed by atoms with Crippen LogP contribution in [-0.4, -0.2) is 69.1 Å². The van der Waals surface area contributed by atoms with Gasteiger partial charge in [0.1, 0.15) is 6.04 Å². The zero-order chi connectivity index (χ0) is 27.8. The highest BCUT2D eigenvalue weighted by atomic mass is 16.5. The first-order valence-corrected chi connectivity index (χ1v) is 12.9. The van der Waals surface area contributed by atoms with Crippen LogP contribution in [0.1, 0.15) is 61.0 Å². The summed E-state index contributed by atoms with van der Waals surface area (Å²) in [6, 6.07) is 10.6. The van der Waals surface area contributed by atoms with E-state index in [1.54, 1.807) is 17.0 Å².